The average Bonchev–Trinajstić information content (AvgIpc) is 2.92. The number of carbonyl (C=O) groups is 4. The van der Waals surface area contributed by atoms with E-state index in [2.05, 4.69) is 5.32 Å². The summed E-state index contributed by atoms with van der Waals surface area (Å²) in [6.07, 6.45) is 3.22. The number of ether oxygens (including phenoxy) is 1. The molecule has 1 saturated carbocycles. The molecular weight excluding hydrogens is 348 g/mol. The Labute approximate surface area is 158 Å². The Bertz CT molecular complexity index is 734. The monoisotopic (exact) mass is 372 g/mol. The topological polar surface area (TPSA) is 92.8 Å². The molecule has 1 N–H and O–H groups in total. The lowest BCUT2D eigenvalue weighted by atomic mass is 9.81. The number of amides is 3. The van der Waals surface area contributed by atoms with Crippen molar-refractivity contribution >= 4 is 29.4 Å². The number of esters is 1. The number of nitrogens with zero attached hydrogens (tertiary/aromatic N) is 1. The van der Waals surface area contributed by atoms with Gasteiger partial charge in [-0.2, -0.15) is 0 Å². The van der Waals surface area contributed by atoms with Crippen LogP contribution < -0.4 is 5.32 Å². The third-order valence-corrected chi connectivity index (χ3v) is 5.28. The molecule has 1 aromatic carbocycles. The van der Waals surface area contributed by atoms with Gasteiger partial charge < -0.3 is 10.1 Å². The van der Waals surface area contributed by atoms with Crippen LogP contribution in [-0.2, 0) is 23.9 Å². The Kier molecular flexibility index (Phi) is 5.58. The Morgan fingerprint density at radius 3 is 2.22 bits per heavy atom. The molecule has 1 saturated heterocycles. The number of aryl methyl sites for hydroxylation is 1. The quantitative estimate of drug-likeness (QED) is 0.631. The Balaban J connectivity index is 1.54. The molecule has 3 atom stereocenters. The van der Waals surface area contributed by atoms with Crippen LogP contribution in [0.4, 0.5) is 5.69 Å². The van der Waals surface area contributed by atoms with Crippen molar-refractivity contribution in [1.82, 2.24) is 4.90 Å². The maximum absolute atomic E-state index is 12.5. The van der Waals surface area contributed by atoms with E-state index in [1.54, 1.807) is 12.1 Å². The van der Waals surface area contributed by atoms with E-state index in [-0.39, 0.29) is 23.7 Å². The first-order chi connectivity index (χ1) is 12.9. The minimum absolute atomic E-state index is 0.293. The Morgan fingerprint density at radius 1 is 1.11 bits per heavy atom. The van der Waals surface area contributed by atoms with Crippen LogP contribution in [-0.4, -0.2) is 41.2 Å². The summed E-state index contributed by atoms with van der Waals surface area (Å²) in [4.78, 5) is 50.3. The second kappa shape index (κ2) is 7.90. The van der Waals surface area contributed by atoms with Crippen molar-refractivity contribution in [1.29, 1.82) is 0 Å². The van der Waals surface area contributed by atoms with E-state index < -0.39 is 24.5 Å². The highest BCUT2D eigenvalue weighted by molar-refractivity contribution is 6.08. The molecule has 1 aromatic rings. The number of anilines is 1. The second-order valence-corrected chi connectivity index (χ2v) is 7.24. The fourth-order valence-corrected chi connectivity index (χ4v) is 3.77. The van der Waals surface area contributed by atoms with Gasteiger partial charge in [-0.1, -0.05) is 30.5 Å². The van der Waals surface area contributed by atoms with Crippen LogP contribution in [0.15, 0.2) is 24.3 Å². The van der Waals surface area contributed by atoms with Gasteiger partial charge in [-0.15, -0.1) is 0 Å². The third kappa shape index (κ3) is 4.02. The van der Waals surface area contributed by atoms with E-state index in [9.17, 15) is 19.2 Å². The van der Waals surface area contributed by atoms with Crippen molar-refractivity contribution in [2.45, 2.75) is 45.6 Å². The first kappa shape index (κ1) is 19.1. The van der Waals surface area contributed by atoms with Gasteiger partial charge in [0.05, 0.1) is 11.8 Å². The van der Waals surface area contributed by atoms with Crippen molar-refractivity contribution < 1.29 is 23.9 Å². The van der Waals surface area contributed by atoms with Gasteiger partial charge in [-0.25, -0.2) is 4.79 Å². The molecule has 2 unspecified atom stereocenters. The van der Waals surface area contributed by atoms with Crippen LogP contribution in [0.3, 0.4) is 0 Å². The van der Waals surface area contributed by atoms with Gasteiger partial charge in [0.2, 0.25) is 11.8 Å². The van der Waals surface area contributed by atoms with Crippen molar-refractivity contribution in [2.75, 3.05) is 11.9 Å². The number of fused-ring (bicyclic) bond motifs is 1. The van der Waals surface area contributed by atoms with Crippen molar-refractivity contribution in [3.8, 4) is 0 Å². The summed E-state index contributed by atoms with van der Waals surface area (Å²) in [6.45, 7) is 2.93. The van der Waals surface area contributed by atoms with Crippen LogP contribution in [0.2, 0.25) is 0 Å². The molecule has 1 aliphatic heterocycles. The molecule has 0 aromatic heterocycles. The second-order valence-electron chi connectivity index (χ2n) is 7.24. The normalized spacial score (nSPS) is 23.0. The molecule has 144 valence electrons. The zero-order valence-electron chi connectivity index (χ0n) is 15.6. The number of carbonyl (C=O) groups excluding carboxylic acids is 4. The summed E-state index contributed by atoms with van der Waals surface area (Å²) in [5.74, 6) is -2.45. The van der Waals surface area contributed by atoms with E-state index in [0.717, 1.165) is 23.3 Å². The third-order valence-electron chi connectivity index (χ3n) is 5.28. The zero-order chi connectivity index (χ0) is 19.6. The molecule has 2 aliphatic rings. The van der Waals surface area contributed by atoms with Crippen LogP contribution in [0.25, 0.3) is 0 Å². The molecule has 7 nitrogen and oxygen atoms in total. The number of likely N-dealkylation sites (tertiary alicyclic amines) is 1. The molecule has 27 heavy (non-hydrogen) atoms. The Morgan fingerprint density at radius 2 is 1.67 bits per heavy atom. The van der Waals surface area contributed by atoms with Crippen LogP contribution in [0.5, 0.6) is 0 Å². The smallest absolute Gasteiger partial charge is 0.329 e. The van der Waals surface area contributed by atoms with Crippen LogP contribution in [0.1, 0.15) is 38.2 Å². The zero-order valence-corrected chi connectivity index (χ0v) is 15.6. The number of hydrogen-bond donors (Lipinski definition) is 1. The molecule has 7 heteroatoms. The minimum Gasteiger partial charge on any atom is -0.454 e. The molecule has 0 bridgehead atoms. The Hall–Kier alpha value is -2.70. The maximum atomic E-state index is 12.5. The molecule has 3 rings (SSSR count). The summed E-state index contributed by atoms with van der Waals surface area (Å²) in [7, 11) is 0. The molecule has 0 spiro atoms. The van der Waals surface area contributed by atoms with Gasteiger partial charge in [0.25, 0.3) is 5.91 Å². The van der Waals surface area contributed by atoms with Crippen molar-refractivity contribution in [2.24, 2.45) is 11.8 Å². The standard InChI is InChI=1S/C20H24N2O5/c1-12-7-9-14(10-8-12)21-17(23)11-27-20(26)13(2)22-18(24)15-5-3-4-6-16(15)19(22)25/h7-10,13,15-16H,3-6,11H2,1-2H3,(H,21,23)/t13-,15?,16?/m0/s1. The number of benzene rings is 1. The predicted molar refractivity (Wildman–Crippen MR) is 97.5 cm³/mol. The molecule has 1 aliphatic carbocycles. The highest BCUT2D eigenvalue weighted by Gasteiger charge is 2.51. The van der Waals surface area contributed by atoms with Crippen molar-refractivity contribution in [3.05, 3.63) is 29.8 Å². The first-order valence-corrected chi connectivity index (χ1v) is 9.28. The van der Waals surface area contributed by atoms with Gasteiger partial charge in [0.15, 0.2) is 6.61 Å². The fourth-order valence-electron chi connectivity index (χ4n) is 3.77. The average molecular weight is 372 g/mol. The highest BCUT2D eigenvalue weighted by Crippen LogP contribution is 2.38. The van der Waals surface area contributed by atoms with Gasteiger partial charge in [0.1, 0.15) is 6.04 Å². The van der Waals surface area contributed by atoms with Gasteiger partial charge in [-0.3, -0.25) is 19.3 Å². The molecule has 2 fully saturated rings. The van der Waals surface area contributed by atoms with Crippen molar-refractivity contribution in [3.63, 3.8) is 0 Å². The lowest BCUT2D eigenvalue weighted by Crippen LogP contribution is -2.45. The summed E-state index contributed by atoms with van der Waals surface area (Å²) in [5, 5.41) is 2.63. The molecular formula is C20H24N2O5. The predicted octanol–water partition coefficient (Wildman–Crippen LogP) is 2.04. The lowest BCUT2D eigenvalue weighted by Gasteiger charge is -2.21. The van der Waals surface area contributed by atoms with E-state index in [4.69, 9.17) is 4.74 Å². The maximum Gasteiger partial charge on any atom is 0.329 e. The summed E-state index contributed by atoms with van der Waals surface area (Å²) >= 11 is 0. The van der Waals surface area contributed by atoms with Crippen LogP contribution >= 0.6 is 0 Å². The van der Waals surface area contributed by atoms with E-state index in [1.807, 2.05) is 19.1 Å². The highest BCUT2D eigenvalue weighted by atomic mass is 16.5. The van der Waals surface area contributed by atoms with Gasteiger partial charge in [-0.05, 0) is 38.8 Å². The number of nitrogens with one attached hydrogen (secondary N) is 1. The fraction of sp³-hybridized carbons (Fsp3) is 0.500. The van der Waals surface area contributed by atoms with Gasteiger partial charge in [0, 0.05) is 5.69 Å². The largest absolute Gasteiger partial charge is 0.454 e. The summed E-state index contributed by atoms with van der Waals surface area (Å²) in [5.41, 5.74) is 1.66. The van der Waals surface area contributed by atoms with E-state index in [0.29, 0.717) is 18.5 Å². The minimum atomic E-state index is -1.03. The molecule has 3 amide bonds. The number of rotatable bonds is 5. The first-order valence-electron chi connectivity index (χ1n) is 9.28. The molecule has 0 radical (unpaired) electrons. The number of imide groups is 1. The SMILES string of the molecule is Cc1ccc(NC(=O)COC(=O)[C@H](C)N2C(=O)C3CCCCC3C2=O)cc1. The van der Waals surface area contributed by atoms with Crippen LogP contribution in [0, 0.1) is 18.8 Å². The summed E-state index contributed by atoms with van der Waals surface area (Å²) < 4.78 is 5.03. The van der Waals surface area contributed by atoms with Gasteiger partial charge >= 0.3 is 5.97 Å². The molecule has 1 heterocycles. The summed E-state index contributed by atoms with van der Waals surface area (Å²) in [6, 6.07) is 6.19. The number of hydrogen-bond acceptors (Lipinski definition) is 5. The lowest BCUT2D eigenvalue weighted by molar-refractivity contribution is -0.159. The van der Waals surface area contributed by atoms with E-state index >= 15 is 0 Å². The van der Waals surface area contributed by atoms with E-state index in [1.165, 1.54) is 6.92 Å².